The molecule has 3 aliphatic rings. The molecule has 1 aromatic rings. The van der Waals surface area contributed by atoms with Crippen LogP contribution in [-0.2, 0) is 20.8 Å². The van der Waals surface area contributed by atoms with Gasteiger partial charge in [-0.1, -0.05) is 30.7 Å². The standard InChI is InChI=1S/C30H42N2O5/c1-2-11-26-13-8-5-3-4-7-12-24(31-36-21-28(35)32-16-9-6-10-17-32)18-23-19-25(33)20-27(34)29(23)30(37-26)22-14-15-22/h5,8,19-20,26,33-34H,2-4,6-7,9-18,21H2,1H3/b8-5+,31-24+. The first-order valence-electron chi connectivity index (χ1n) is 14.1. The van der Waals surface area contributed by atoms with Crippen molar-refractivity contribution >= 4 is 17.4 Å². The number of fused-ring (bicyclic) bond motifs is 1. The van der Waals surface area contributed by atoms with Gasteiger partial charge in [0.05, 0.1) is 11.3 Å². The number of allylic oxidation sites excluding steroid dienone is 2. The average Bonchev–Trinajstić information content (AvgIpc) is 3.72. The lowest BCUT2D eigenvalue weighted by Crippen LogP contribution is -2.37. The van der Waals surface area contributed by atoms with E-state index in [-0.39, 0.29) is 30.1 Å². The number of piperidine rings is 1. The maximum absolute atomic E-state index is 12.5. The number of nitrogens with zero attached hydrogens (tertiary/aromatic N) is 2. The van der Waals surface area contributed by atoms with Crippen molar-refractivity contribution in [3.63, 3.8) is 0 Å². The van der Waals surface area contributed by atoms with Gasteiger partial charge in [-0.15, -0.1) is 0 Å². The van der Waals surface area contributed by atoms with E-state index < -0.39 is 0 Å². The van der Waals surface area contributed by atoms with Gasteiger partial charge in [0, 0.05) is 32.0 Å². The Morgan fingerprint density at radius 2 is 1.89 bits per heavy atom. The molecule has 0 aromatic heterocycles. The quantitative estimate of drug-likeness (QED) is 0.362. The van der Waals surface area contributed by atoms with Crippen LogP contribution in [0.4, 0.5) is 0 Å². The third-order valence-electron chi connectivity index (χ3n) is 7.26. The Morgan fingerprint density at radius 1 is 1.08 bits per heavy atom. The van der Waals surface area contributed by atoms with Crippen LogP contribution in [0.25, 0.3) is 5.76 Å². The number of benzene rings is 1. The van der Waals surface area contributed by atoms with E-state index in [1.807, 2.05) is 4.90 Å². The molecule has 1 saturated heterocycles. The minimum absolute atomic E-state index is 0.00565. The third-order valence-corrected chi connectivity index (χ3v) is 7.26. The normalized spacial score (nSPS) is 23.1. The van der Waals surface area contributed by atoms with E-state index in [0.29, 0.717) is 18.4 Å². The Labute approximate surface area is 220 Å². The number of likely N-dealkylation sites (tertiary alicyclic amines) is 1. The van der Waals surface area contributed by atoms with Crippen LogP contribution >= 0.6 is 0 Å². The average molecular weight is 511 g/mol. The molecule has 0 radical (unpaired) electrons. The summed E-state index contributed by atoms with van der Waals surface area (Å²) >= 11 is 0. The zero-order chi connectivity index (χ0) is 26.0. The molecule has 1 amide bonds. The zero-order valence-electron chi connectivity index (χ0n) is 22.2. The smallest absolute Gasteiger partial charge is 0.263 e. The van der Waals surface area contributed by atoms with Crippen molar-refractivity contribution in [3.8, 4) is 11.5 Å². The summed E-state index contributed by atoms with van der Waals surface area (Å²) in [6, 6.07) is 3.07. The summed E-state index contributed by atoms with van der Waals surface area (Å²) in [5.74, 6) is 0.743. The molecule has 4 rings (SSSR count). The first kappa shape index (κ1) is 27.1. The van der Waals surface area contributed by atoms with Crippen molar-refractivity contribution in [2.45, 2.75) is 96.5 Å². The fourth-order valence-electron chi connectivity index (χ4n) is 5.15. The summed E-state index contributed by atoms with van der Waals surface area (Å²) in [4.78, 5) is 20.0. The highest BCUT2D eigenvalue weighted by atomic mass is 16.6. The van der Waals surface area contributed by atoms with E-state index in [0.717, 1.165) is 94.3 Å². The maximum Gasteiger partial charge on any atom is 0.263 e. The number of oxime groups is 1. The van der Waals surface area contributed by atoms with Crippen molar-refractivity contribution in [2.75, 3.05) is 19.7 Å². The predicted octanol–water partition coefficient (Wildman–Crippen LogP) is 6.24. The van der Waals surface area contributed by atoms with Crippen molar-refractivity contribution in [1.29, 1.82) is 0 Å². The lowest BCUT2D eigenvalue weighted by Gasteiger charge is -2.26. The number of ether oxygens (including phenoxy) is 1. The largest absolute Gasteiger partial charge is 0.508 e. The van der Waals surface area contributed by atoms with Gasteiger partial charge in [0.2, 0.25) is 0 Å². The van der Waals surface area contributed by atoms with Gasteiger partial charge in [-0.05, 0) is 81.4 Å². The van der Waals surface area contributed by atoms with Crippen molar-refractivity contribution in [1.82, 2.24) is 4.90 Å². The summed E-state index contributed by atoms with van der Waals surface area (Å²) < 4.78 is 6.59. The van der Waals surface area contributed by atoms with Crippen LogP contribution in [0.1, 0.15) is 95.1 Å². The van der Waals surface area contributed by atoms with Gasteiger partial charge in [0.1, 0.15) is 23.4 Å². The number of hydrogen-bond acceptors (Lipinski definition) is 6. The summed E-state index contributed by atoms with van der Waals surface area (Å²) in [6.45, 7) is 3.66. The molecule has 202 valence electrons. The first-order chi connectivity index (χ1) is 18.0. The SMILES string of the molecule is CCCC1C/C=C/CCCC/C(=N\OCC(=O)N2CCCCC2)Cc2cc(O)cc(O)c2C(=C2CC2)O1. The highest BCUT2D eigenvalue weighted by Gasteiger charge is 2.28. The number of carbonyl (C=O) groups is 1. The Hall–Kier alpha value is -2.96. The summed E-state index contributed by atoms with van der Waals surface area (Å²) in [7, 11) is 0. The van der Waals surface area contributed by atoms with E-state index in [1.54, 1.807) is 6.07 Å². The highest BCUT2D eigenvalue weighted by Crippen LogP contribution is 2.44. The second kappa shape index (κ2) is 13.5. The fourth-order valence-corrected chi connectivity index (χ4v) is 5.15. The molecule has 37 heavy (non-hydrogen) atoms. The molecule has 1 unspecified atom stereocenters. The van der Waals surface area contributed by atoms with Gasteiger partial charge in [-0.25, -0.2) is 0 Å². The van der Waals surface area contributed by atoms with Gasteiger partial charge in [-0.3, -0.25) is 4.79 Å². The van der Waals surface area contributed by atoms with E-state index in [2.05, 4.69) is 24.2 Å². The summed E-state index contributed by atoms with van der Waals surface area (Å²) in [6.07, 6.45) is 16.5. The number of carbonyl (C=O) groups excluding carboxylic acids is 1. The number of hydrogen-bond donors (Lipinski definition) is 2. The van der Waals surface area contributed by atoms with Crippen LogP contribution < -0.4 is 0 Å². The van der Waals surface area contributed by atoms with E-state index in [9.17, 15) is 15.0 Å². The second-order valence-electron chi connectivity index (χ2n) is 10.5. The molecule has 1 aromatic carbocycles. The van der Waals surface area contributed by atoms with Crippen molar-refractivity contribution in [3.05, 3.63) is 41.0 Å². The van der Waals surface area contributed by atoms with E-state index in [4.69, 9.17) is 9.57 Å². The third kappa shape index (κ3) is 8.01. The van der Waals surface area contributed by atoms with Crippen LogP contribution in [0.15, 0.2) is 35.0 Å². The van der Waals surface area contributed by atoms with E-state index in [1.165, 1.54) is 18.1 Å². The number of aromatic hydroxyl groups is 2. The van der Waals surface area contributed by atoms with Crippen LogP contribution in [-0.4, -0.2) is 52.5 Å². The van der Waals surface area contributed by atoms with Crippen LogP contribution in [0, 0.1) is 0 Å². The predicted molar refractivity (Wildman–Crippen MR) is 145 cm³/mol. The van der Waals surface area contributed by atoms with Gasteiger partial charge in [-0.2, -0.15) is 0 Å². The molecule has 7 nitrogen and oxygen atoms in total. The molecule has 0 bridgehead atoms. The van der Waals surface area contributed by atoms with Gasteiger partial charge in [0.15, 0.2) is 6.61 Å². The van der Waals surface area contributed by atoms with Crippen LogP contribution in [0.3, 0.4) is 0 Å². The molecular weight excluding hydrogens is 468 g/mol. The van der Waals surface area contributed by atoms with Gasteiger partial charge < -0.3 is 24.7 Å². The fraction of sp³-hybridized carbons (Fsp3) is 0.600. The summed E-state index contributed by atoms with van der Waals surface area (Å²) in [5, 5.41) is 25.7. The molecule has 2 heterocycles. The minimum atomic E-state index is -0.0680. The first-order valence-corrected chi connectivity index (χ1v) is 14.1. The van der Waals surface area contributed by atoms with Gasteiger partial charge >= 0.3 is 0 Å². The van der Waals surface area contributed by atoms with E-state index >= 15 is 0 Å². The van der Waals surface area contributed by atoms with Crippen molar-refractivity contribution < 1.29 is 24.6 Å². The second-order valence-corrected chi connectivity index (χ2v) is 10.5. The molecule has 2 N–H and O–H groups in total. The monoisotopic (exact) mass is 510 g/mol. The molecule has 7 heteroatoms. The number of amides is 1. The molecule has 1 atom stereocenters. The zero-order valence-corrected chi connectivity index (χ0v) is 22.2. The Morgan fingerprint density at radius 3 is 2.65 bits per heavy atom. The Kier molecular flexibility index (Phi) is 9.92. The van der Waals surface area contributed by atoms with Crippen LogP contribution in [0.2, 0.25) is 0 Å². The van der Waals surface area contributed by atoms with Gasteiger partial charge in [0.25, 0.3) is 5.91 Å². The minimum Gasteiger partial charge on any atom is -0.508 e. The highest BCUT2D eigenvalue weighted by molar-refractivity contribution is 5.88. The molecule has 1 saturated carbocycles. The summed E-state index contributed by atoms with van der Waals surface area (Å²) in [5.41, 5.74) is 3.40. The molecule has 0 spiro atoms. The number of phenols is 2. The molecular formula is C30H42N2O5. The topological polar surface area (TPSA) is 91.6 Å². The Bertz CT molecular complexity index is 1020. The Balaban J connectivity index is 1.60. The number of phenolic OH excluding ortho intramolecular Hbond substituents is 2. The van der Waals surface area contributed by atoms with Crippen molar-refractivity contribution in [2.24, 2.45) is 5.16 Å². The van der Waals surface area contributed by atoms with Crippen LogP contribution in [0.5, 0.6) is 11.5 Å². The molecule has 1 aliphatic carbocycles. The molecule has 2 fully saturated rings. The number of rotatable bonds is 5. The molecule has 2 aliphatic heterocycles. The lowest BCUT2D eigenvalue weighted by molar-refractivity contribution is -0.137. The lowest BCUT2D eigenvalue weighted by atomic mass is 9.95. The maximum atomic E-state index is 12.5.